The Morgan fingerprint density at radius 1 is 1.29 bits per heavy atom. The summed E-state index contributed by atoms with van der Waals surface area (Å²) in [6.07, 6.45) is 4.16. The number of para-hydroxylation sites is 1. The van der Waals surface area contributed by atoms with Crippen LogP contribution in [0.5, 0.6) is 0 Å². The Kier molecular flexibility index (Phi) is 4.76. The molecule has 9 heteroatoms. The number of nitrogens with one attached hydrogen (secondary N) is 1. The van der Waals surface area contributed by atoms with Gasteiger partial charge in [0.25, 0.3) is 0 Å². The lowest BCUT2D eigenvalue weighted by atomic mass is 10.2. The molecule has 1 aromatic carbocycles. The number of hydrogen-bond acceptors (Lipinski definition) is 5. The summed E-state index contributed by atoms with van der Waals surface area (Å²) in [7, 11) is -3.04. The van der Waals surface area contributed by atoms with Crippen LogP contribution in [0.2, 0.25) is 0 Å². The van der Waals surface area contributed by atoms with Crippen LogP contribution in [0, 0.1) is 6.92 Å². The van der Waals surface area contributed by atoms with Crippen LogP contribution in [-0.4, -0.2) is 45.4 Å². The minimum Gasteiger partial charge on any atom is -0.311 e. The molecule has 2 aromatic heterocycles. The van der Waals surface area contributed by atoms with E-state index >= 15 is 0 Å². The van der Waals surface area contributed by atoms with Crippen LogP contribution < -0.4 is 5.32 Å². The number of aromatic nitrogens is 4. The number of rotatable bonds is 5. The maximum atomic E-state index is 12.5. The van der Waals surface area contributed by atoms with Crippen LogP contribution in [0.1, 0.15) is 23.7 Å². The molecule has 3 heterocycles. The number of carbonyl (C=O) groups excluding carboxylic acids is 1. The largest absolute Gasteiger partial charge is 0.311 e. The highest BCUT2D eigenvalue weighted by Gasteiger charge is 2.31. The predicted octanol–water partition coefficient (Wildman–Crippen LogP) is 1.92. The van der Waals surface area contributed by atoms with Gasteiger partial charge in [0.05, 0.1) is 41.5 Å². The quantitative estimate of drug-likeness (QED) is 0.707. The predicted molar refractivity (Wildman–Crippen MR) is 105 cm³/mol. The summed E-state index contributed by atoms with van der Waals surface area (Å²) < 4.78 is 26.9. The van der Waals surface area contributed by atoms with Crippen molar-refractivity contribution in [1.82, 2.24) is 19.6 Å². The third-order valence-electron chi connectivity index (χ3n) is 4.70. The molecule has 1 amide bonds. The van der Waals surface area contributed by atoms with E-state index in [4.69, 9.17) is 0 Å². The van der Waals surface area contributed by atoms with Gasteiger partial charge in [-0.05, 0) is 31.0 Å². The molecule has 0 radical (unpaired) electrons. The van der Waals surface area contributed by atoms with Crippen LogP contribution in [0.4, 0.5) is 5.82 Å². The molecule has 1 unspecified atom stereocenters. The lowest BCUT2D eigenvalue weighted by molar-refractivity contribution is -0.115. The summed E-state index contributed by atoms with van der Waals surface area (Å²) in [5, 5.41) is 11.5. The van der Waals surface area contributed by atoms with Gasteiger partial charge >= 0.3 is 0 Å². The van der Waals surface area contributed by atoms with Crippen molar-refractivity contribution in [2.75, 3.05) is 16.8 Å². The van der Waals surface area contributed by atoms with Gasteiger partial charge in [0.15, 0.2) is 9.84 Å². The van der Waals surface area contributed by atoms with Crippen molar-refractivity contribution in [3.8, 4) is 5.69 Å². The first kappa shape index (κ1) is 18.4. The molecule has 1 aliphatic rings. The summed E-state index contributed by atoms with van der Waals surface area (Å²) in [4.78, 5) is 12.5. The van der Waals surface area contributed by atoms with E-state index < -0.39 is 9.84 Å². The molecule has 1 fully saturated rings. The van der Waals surface area contributed by atoms with Crippen LogP contribution in [-0.2, 0) is 21.1 Å². The minimum absolute atomic E-state index is 0.0564. The van der Waals surface area contributed by atoms with Crippen LogP contribution in [0.3, 0.4) is 0 Å². The highest BCUT2D eigenvalue weighted by molar-refractivity contribution is 7.91. The minimum atomic E-state index is -3.04. The van der Waals surface area contributed by atoms with Gasteiger partial charge in [0.2, 0.25) is 5.91 Å². The number of nitrogens with zero attached hydrogens (tertiary/aromatic N) is 4. The number of amides is 1. The summed E-state index contributed by atoms with van der Waals surface area (Å²) in [5.41, 5.74) is 2.44. The smallest absolute Gasteiger partial charge is 0.230 e. The van der Waals surface area contributed by atoms with Gasteiger partial charge in [-0.25, -0.2) is 17.8 Å². The third-order valence-corrected chi connectivity index (χ3v) is 6.45. The number of hydrogen-bond donors (Lipinski definition) is 1. The third kappa shape index (κ3) is 3.99. The van der Waals surface area contributed by atoms with Crippen LogP contribution in [0.15, 0.2) is 48.8 Å². The molecular weight excluding hydrogens is 378 g/mol. The van der Waals surface area contributed by atoms with E-state index in [0.29, 0.717) is 12.2 Å². The molecule has 1 aliphatic heterocycles. The first-order chi connectivity index (χ1) is 13.4. The molecule has 0 saturated carbocycles. The zero-order valence-corrected chi connectivity index (χ0v) is 16.3. The second-order valence-electron chi connectivity index (χ2n) is 7.03. The molecule has 4 rings (SSSR count). The number of benzene rings is 1. The molecule has 0 aliphatic carbocycles. The first-order valence-electron chi connectivity index (χ1n) is 9.05. The van der Waals surface area contributed by atoms with Gasteiger partial charge < -0.3 is 5.32 Å². The van der Waals surface area contributed by atoms with E-state index in [0.717, 1.165) is 16.9 Å². The highest BCUT2D eigenvalue weighted by atomic mass is 32.2. The Hall–Kier alpha value is -2.94. The van der Waals surface area contributed by atoms with E-state index in [1.807, 2.05) is 43.5 Å². The maximum Gasteiger partial charge on any atom is 0.230 e. The van der Waals surface area contributed by atoms with Gasteiger partial charge in [-0.15, -0.1) is 0 Å². The van der Waals surface area contributed by atoms with E-state index in [-0.39, 0.29) is 29.9 Å². The lowest BCUT2D eigenvalue weighted by Gasteiger charge is -2.13. The van der Waals surface area contributed by atoms with Crippen LogP contribution >= 0.6 is 0 Å². The monoisotopic (exact) mass is 399 g/mol. The average molecular weight is 399 g/mol. The standard InChI is InChI=1S/C19H21N5O3S/c1-14-9-18(24(22-14)17-7-8-28(26,27)13-17)21-19(25)10-15-11-20-23(12-15)16-5-3-2-4-6-16/h2-6,9,11-12,17H,7-8,10,13H2,1H3,(H,21,25). The van der Waals surface area contributed by atoms with Gasteiger partial charge in [0.1, 0.15) is 5.82 Å². The Morgan fingerprint density at radius 2 is 2.07 bits per heavy atom. The maximum absolute atomic E-state index is 12.5. The molecule has 28 heavy (non-hydrogen) atoms. The topological polar surface area (TPSA) is 98.9 Å². The summed E-state index contributed by atoms with van der Waals surface area (Å²) in [5.74, 6) is 0.540. The molecule has 1 atom stereocenters. The fourth-order valence-electron chi connectivity index (χ4n) is 3.40. The Labute approximate surface area is 163 Å². The van der Waals surface area contributed by atoms with Crippen molar-refractivity contribution in [3.63, 3.8) is 0 Å². The van der Waals surface area contributed by atoms with E-state index in [1.54, 1.807) is 21.6 Å². The fraction of sp³-hybridized carbons (Fsp3) is 0.316. The molecule has 8 nitrogen and oxygen atoms in total. The Balaban J connectivity index is 1.46. The van der Waals surface area contributed by atoms with E-state index in [1.165, 1.54) is 0 Å². The first-order valence-corrected chi connectivity index (χ1v) is 10.9. The van der Waals surface area contributed by atoms with Crippen molar-refractivity contribution in [3.05, 3.63) is 60.0 Å². The number of sulfone groups is 1. The van der Waals surface area contributed by atoms with Crippen molar-refractivity contribution < 1.29 is 13.2 Å². The highest BCUT2D eigenvalue weighted by Crippen LogP contribution is 2.27. The molecule has 1 N–H and O–H groups in total. The second-order valence-corrected chi connectivity index (χ2v) is 9.25. The summed E-state index contributed by atoms with van der Waals surface area (Å²) in [6.45, 7) is 1.82. The average Bonchev–Trinajstić information content (AvgIpc) is 3.35. The van der Waals surface area contributed by atoms with E-state index in [2.05, 4.69) is 15.5 Å². The molecular formula is C19H21N5O3S. The number of carbonyl (C=O) groups is 1. The zero-order valence-electron chi connectivity index (χ0n) is 15.4. The number of anilines is 1. The zero-order chi connectivity index (χ0) is 19.7. The van der Waals surface area contributed by atoms with Gasteiger partial charge in [0, 0.05) is 12.3 Å². The molecule has 1 saturated heterocycles. The molecule has 0 bridgehead atoms. The fourth-order valence-corrected chi connectivity index (χ4v) is 5.09. The normalized spacial score (nSPS) is 18.2. The Morgan fingerprint density at radius 3 is 2.79 bits per heavy atom. The second kappa shape index (κ2) is 7.23. The van der Waals surface area contributed by atoms with Crippen molar-refractivity contribution >= 4 is 21.6 Å². The lowest BCUT2D eigenvalue weighted by Crippen LogP contribution is -2.20. The summed E-state index contributed by atoms with van der Waals surface area (Å²) in [6, 6.07) is 11.2. The SMILES string of the molecule is Cc1cc(NC(=O)Cc2cnn(-c3ccccc3)c2)n(C2CCS(=O)(=O)C2)n1. The van der Waals surface area contributed by atoms with Gasteiger partial charge in [-0.2, -0.15) is 10.2 Å². The van der Waals surface area contributed by atoms with Crippen molar-refractivity contribution in [2.45, 2.75) is 25.8 Å². The van der Waals surface area contributed by atoms with Crippen molar-refractivity contribution in [2.24, 2.45) is 0 Å². The van der Waals surface area contributed by atoms with Crippen LogP contribution in [0.25, 0.3) is 5.69 Å². The number of aryl methyl sites for hydroxylation is 1. The van der Waals surface area contributed by atoms with Gasteiger partial charge in [-0.1, -0.05) is 18.2 Å². The molecule has 0 spiro atoms. The summed E-state index contributed by atoms with van der Waals surface area (Å²) >= 11 is 0. The Bertz CT molecular complexity index is 1100. The molecule has 3 aromatic rings. The van der Waals surface area contributed by atoms with Gasteiger partial charge in [-0.3, -0.25) is 4.79 Å². The van der Waals surface area contributed by atoms with E-state index in [9.17, 15) is 13.2 Å². The molecule has 146 valence electrons. The van der Waals surface area contributed by atoms with Crippen molar-refractivity contribution in [1.29, 1.82) is 0 Å².